The van der Waals surface area contributed by atoms with Gasteiger partial charge in [0.05, 0.1) is 17.0 Å². The van der Waals surface area contributed by atoms with Crippen molar-refractivity contribution in [2.45, 2.75) is 36.8 Å². The molecule has 21 nitrogen and oxygen atoms in total. The molecule has 0 spiro atoms. The number of hydrogen-bond acceptors (Lipinski definition) is 21. The Balaban J connectivity index is 1.35. The molecule has 65 heavy (non-hydrogen) atoms. The van der Waals surface area contributed by atoms with Crippen molar-refractivity contribution >= 4 is 11.9 Å². The Morgan fingerprint density at radius 3 is 1.52 bits per heavy atom. The monoisotopic (exact) mass is 898 g/mol. The summed E-state index contributed by atoms with van der Waals surface area (Å²) in [6.45, 7) is 0. The zero-order valence-corrected chi connectivity index (χ0v) is 32.7. The molecular formula is C44H34O21. The number of phenols is 15. The van der Waals surface area contributed by atoms with Gasteiger partial charge in [-0.1, -0.05) is 6.07 Å². The summed E-state index contributed by atoms with van der Waals surface area (Å²) in [6.07, 6.45) is -7.36. The molecule has 0 saturated heterocycles. The number of benzene rings is 6. The Morgan fingerprint density at radius 1 is 0.462 bits per heavy atom. The Hall–Kier alpha value is -9.14. The van der Waals surface area contributed by atoms with Crippen LogP contribution >= 0.6 is 0 Å². The second-order valence-corrected chi connectivity index (χ2v) is 15.0. The highest BCUT2D eigenvalue weighted by molar-refractivity contribution is 5.92. The maximum atomic E-state index is 14.1. The summed E-state index contributed by atoms with van der Waals surface area (Å²) < 4.78 is 24.4. The van der Waals surface area contributed by atoms with Crippen molar-refractivity contribution in [3.8, 4) is 97.7 Å². The summed E-state index contributed by atoms with van der Waals surface area (Å²) in [6, 6.07) is 10.8. The number of hydrogen-bond donors (Lipinski definition) is 15. The smallest absolute Gasteiger partial charge is 0.338 e. The van der Waals surface area contributed by atoms with Crippen LogP contribution < -0.4 is 9.47 Å². The van der Waals surface area contributed by atoms with Crippen molar-refractivity contribution in [3.05, 3.63) is 112 Å². The molecule has 336 valence electrons. The first-order valence-electron chi connectivity index (χ1n) is 18.9. The second-order valence-electron chi connectivity index (χ2n) is 15.0. The van der Waals surface area contributed by atoms with E-state index in [9.17, 15) is 86.2 Å². The predicted molar refractivity (Wildman–Crippen MR) is 214 cm³/mol. The lowest BCUT2D eigenvalue weighted by Crippen LogP contribution is -2.40. The van der Waals surface area contributed by atoms with E-state index in [1.807, 2.05) is 0 Å². The van der Waals surface area contributed by atoms with E-state index in [0.717, 1.165) is 66.7 Å². The number of rotatable bonds is 7. The van der Waals surface area contributed by atoms with Crippen LogP contribution in [0.2, 0.25) is 0 Å². The van der Waals surface area contributed by atoms with Crippen molar-refractivity contribution in [1.82, 2.24) is 0 Å². The number of fused-ring (bicyclic) bond motifs is 2. The van der Waals surface area contributed by atoms with Crippen LogP contribution in [-0.2, 0) is 15.9 Å². The number of esters is 2. The largest absolute Gasteiger partial charge is 0.508 e. The van der Waals surface area contributed by atoms with Gasteiger partial charge in [-0.15, -0.1) is 0 Å². The van der Waals surface area contributed by atoms with E-state index in [0.29, 0.717) is 0 Å². The molecule has 0 unspecified atom stereocenters. The molecule has 0 aromatic heterocycles. The Bertz CT molecular complexity index is 2890. The molecule has 0 amide bonds. The highest BCUT2D eigenvalue weighted by atomic mass is 16.6. The van der Waals surface area contributed by atoms with Gasteiger partial charge in [-0.05, 0) is 48.5 Å². The predicted octanol–water partition coefficient (Wildman–Crippen LogP) is 4.66. The van der Waals surface area contributed by atoms with Gasteiger partial charge in [0.15, 0.2) is 81.6 Å². The fraction of sp³-hybridized carbons (Fsp3) is 0.136. The van der Waals surface area contributed by atoms with E-state index in [-0.39, 0.29) is 28.0 Å². The van der Waals surface area contributed by atoms with Crippen LogP contribution in [0, 0.1) is 0 Å². The van der Waals surface area contributed by atoms with Crippen LogP contribution in [0.25, 0.3) is 0 Å². The topological polar surface area (TPSA) is 375 Å². The van der Waals surface area contributed by atoms with Gasteiger partial charge in [0.2, 0.25) is 0 Å². The third-order valence-electron chi connectivity index (χ3n) is 10.8. The molecule has 5 atom stereocenters. The van der Waals surface area contributed by atoms with Gasteiger partial charge in [-0.25, -0.2) is 9.59 Å². The Morgan fingerprint density at radius 2 is 0.969 bits per heavy atom. The molecule has 0 radical (unpaired) electrons. The maximum Gasteiger partial charge on any atom is 0.338 e. The van der Waals surface area contributed by atoms with Gasteiger partial charge < -0.3 is 95.5 Å². The molecule has 0 saturated carbocycles. The minimum Gasteiger partial charge on any atom is -0.508 e. The van der Waals surface area contributed by atoms with Crippen molar-refractivity contribution in [3.63, 3.8) is 0 Å². The number of carbonyl (C=O) groups is 2. The highest BCUT2D eigenvalue weighted by Gasteiger charge is 2.50. The second kappa shape index (κ2) is 15.6. The molecule has 6 aromatic rings. The molecule has 8 rings (SSSR count). The van der Waals surface area contributed by atoms with Crippen LogP contribution in [0.1, 0.15) is 66.7 Å². The summed E-state index contributed by atoms with van der Waals surface area (Å²) in [7, 11) is 0. The third kappa shape index (κ3) is 7.41. The minimum atomic E-state index is -1.96. The molecule has 0 fully saturated rings. The zero-order valence-electron chi connectivity index (χ0n) is 32.7. The molecule has 0 bridgehead atoms. The van der Waals surface area contributed by atoms with E-state index in [2.05, 4.69) is 0 Å². The molecule has 15 N–H and O–H groups in total. The quantitative estimate of drug-likeness (QED) is 0.0764. The summed E-state index contributed by atoms with van der Waals surface area (Å²) >= 11 is 0. The molecule has 2 aliphatic heterocycles. The van der Waals surface area contributed by atoms with Crippen LogP contribution in [0.15, 0.2) is 72.8 Å². The lowest BCUT2D eigenvalue weighted by Gasteiger charge is -2.42. The van der Waals surface area contributed by atoms with E-state index >= 15 is 0 Å². The Kier molecular flexibility index (Phi) is 10.2. The average Bonchev–Trinajstić information content (AvgIpc) is 3.24. The first-order chi connectivity index (χ1) is 30.7. The van der Waals surface area contributed by atoms with Crippen LogP contribution in [-0.4, -0.2) is 101 Å². The summed E-state index contributed by atoms with van der Waals surface area (Å²) in [5, 5.41) is 158. The average molecular weight is 899 g/mol. The van der Waals surface area contributed by atoms with E-state index in [1.165, 1.54) is 6.07 Å². The number of carbonyl (C=O) groups excluding carboxylic acids is 2. The van der Waals surface area contributed by atoms with Gasteiger partial charge in [-0.2, -0.15) is 0 Å². The van der Waals surface area contributed by atoms with Gasteiger partial charge in [0.1, 0.15) is 40.6 Å². The lowest BCUT2D eigenvalue weighted by atomic mass is 9.77. The maximum absolute atomic E-state index is 14.1. The van der Waals surface area contributed by atoms with Gasteiger partial charge in [0, 0.05) is 52.4 Å². The molecule has 2 heterocycles. The van der Waals surface area contributed by atoms with E-state index < -0.39 is 157 Å². The van der Waals surface area contributed by atoms with Crippen molar-refractivity contribution < 1.29 is 105 Å². The fourth-order valence-electron chi connectivity index (χ4n) is 7.81. The lowest BCUT2D eigenvalue weighted by molar-refractivity contribution is -0.0303. The van der Waals surface area contributed by atoms with Gasteiger partial charge >= 0.3 is 11.9 Å². The zero-order chi connectivity index (χ0) is 46.9. The van der Waals surface area contributed by atoms with Gasteiger partial charge in [-0.3, -0.25) is 0 Å². The van der Waals surface area contributed by atoms with Crippen molar-refractivity contribution in [1.29, 1.82) is 0 Å². The standard InChI is InChI=1S/C44H34O21/c45-18-10-23(49)33-31(11-18)62-40(15-4-25(51)36(57)26(52)5-15)42(65-44(61)17-8-29(55)38(59)30(56)9-17)35(33)34-24(50)13-21(47)19-12-32(63-43(60)16-6-27(53)37(58)28(54)7-16)39(64-41(19)34)14-1-2-20(46)22(48)3-14/h1-11,13,32,35,39-40,42,45-59H,12H2/t32-,35+,39-,40-,42-/m1/s1. The summed E-state index contributed by atoms with van der Waals surface area (Å²) in [5.74, 6) is -17.8. The van der Waals surface area contributed by atoms with Crippen LogP contribution in [0.4, 0.5) is 0 Å². The fourth-order valence-corrected chi connectivity index (χ4v) is 7.81. The SMILES string of the molecule is O=C(O[C@@H]1[C@H](c2c(O)cc(O)c3c2O[C@H](c2ccc(O)c(O)c2)[C@H](OC(=O)c2cc(O)c(O)c(O)c2)C3)c2c(O)cc(O)cc2O[C@@H]1c1cc(O)c(O)c(O)c1)c1cc(O)c(O)c(O)c1. The number of phenolic OH excluding ortho intramolecular Hbond substituents is 15. The van der Waals surface area contributed by atoms with Gasteiger partial charge in [0.25, 0.3) is 0 Å². The van der Waals surface area contributed by atoms with Crippen molar-refractivity contribution in [2.75, 3.05) is 0 Å². The first kappa shape index (κ1) is 42.5. The minimum absolute atomic E-state index is 0.0167. The molecule has 21 heteroatoms. The number of ether oxygens (including phenoxy) is 4. The normalized spacial score (nSPS) is 18.6. The molecule has 6 aromatic carbocycles. The summed E-state index contributed by atoms with van der Waals surface area (Å²) in [5.41, 5.74) is -2.33. The molecule has 2 aliphatic rings. The molecule has 0 aliphatic carbocycles. The van der Waals surface area contributed by atoms with E-state index in [1.54, 1.807) is 0 Å². The van der Waals surface area contributed by atoms with Crippen LogP contribution in [0.3, 0.4) is 0 Å². The first-order valence-corrected chi connectivity index (χ1v) is 18.9. The molecular weight excluding hydrogens is 864 g/mol. The Labute approximate surface area is 362 Å². The third-order valence-corrected chi connectivity index (χ3v) is 10.8. The van der Waals surface area contributed by atoms with Crippen LogP contribution in [0.5, 0.6) is 97.7 Å². The van der Waals surface area contributed by atoms with E-state index in [4.69, 9.17) is 18.9 Å². The number of aromatic hydroxyl groups is 15. The highest BCUT2D eigenvalue weighted by Crippen LogP contribution is 2.59. The summed E-state index contributed by atoms with van der Waals surface area (Å²) in [4.78, 5) is 27.7. The van der Waals surface area contributed by atoms with Crippen molar-refractivity contribution in [2.24, 2.45) is 0 Å².